The minimum absolute atomic E-state index is 0.373. The van der Waals surface area contributed by atoms with E-state index in [0.717, 1.165) is 28.2 Å². The zero-order valence-corrected chi connectivity index (χ0v) is 15.8. The van der Waals surface area contributed by atoms with Gasteiger partial charge in [0.25, 0.3) is 0 Å². The molecule has 0 aliphatic heterocycles. The zero-order valence-electron chi connectivity index (χ0n) is 15.8. The fourth-order valence-corrected chi connectivity index (χ4v) is 3.05. The second kappa shape index (κ2) is 7.51. The van der Waals surface area contributed by atoms with Crippen molar-refractivity contribution >= 4 is 28.2 Å². The van der Waals surface area contributed by atoms with Gasteiger partial charge in [-0.15, -0.1) is 5.10 Å². The third kappa shape index (κ3) is 3.37. The van der Waals surface area contributed by atoms with Crippen LogP contribution in [0.4, 0.5) is 17.2 Å². The van der Waals surface area contributed by atoms with Crippen LogP contribution in [0.5, 0.6) is 11.5 Å². The number of para-hydroxylation sites is 2. The Balaban J connectivity index is 1.40. The normalized spacial score (nSPS) is 10.8. The molecule has 0 bridgehead atoms. The summed E-state index contributed by atoms with van der Waals surface area (Å²) in [4.78, 5) is 8.57. The Labute approximate surface area is 172 Å². The summed E-state index contributed by atoms with van der Waals surface area (Å²) in [5, 5.41) is 11.6. The molecule has 3 N–H and O–H groups in total. The molecule has 0 saturated heterocycles. The molecule has 0 aliphatic carbocycles. The average Bonchev–Trinajstić information content (AvgIpc) is 3.21. The summed E-state index contributed by atoms with van der Waals surface area (Å²) in [6.07, 6.45) is 1.44. The fourth-order valence-electron chi connectivity index (χ4n) is 3.05. The number of anilines is 3. The molecule has 8 nitrogen and oxygen atoms in total. The highest BCUT2D eigenvalue weighted by atomic mass is 16.5. The van der Waals surface area contributed by atoms with Crippen LogP contribution in [0.15, 0.2) is 85.2 Å². The summed E-state index contributed by atoms with van der Waals surface area (Å²) in [6.45, 7) is 0. The Bertz CT molecular complexity index is 1300. The van der Waals surface area contributed by atoms with Gasteiger partial charge in [0.2, 0.25) is 0 Å². The number of hydrogen-bond donors (Lipinski definition) is 2. The first kappa shape index (κ1) is 17.6. The van der Waals surface area contributed by atoms with E-state index in [2.05, 4.69) is 25.6 Å². The third-order valence-corrected chi connectivity index (χ3v) is 4.51. The van der Waals surface area contributed by atoms with Crippen molar-refractivity contribution in [2.24, 2.45) is 0 Å². The number of fused-ring (bicyclic) bond motifs is 1. The van der Waals surface area contributed by atoms with Crippen LogP contribution in [-0.4, -0.2) is 25.0 Å². The molecule has 0 spiro atoms. The number of benzene rings is 3. The molecule has 0 fully saturated rings. The predicted molar refractivity (Wildman–Crippen MR) is 115 cm³/mol. The van der Waals surface area contributed by atoms with Gasteiger partial charge in [0.15, 0.2) is 11.6 Å². The van der Waals surface area contributed by atoms with Gasteiger partial charge in [0, 0.05) is 5.69 Å². The summed E-state index contributed by atoms with van der Waals surface area (Å²) >= 11 is 0. The quantitative estimate of drug-likeness (QED) is 0.456. The smallest absolute Gasteiger partial charge is 0.184 e. The summed E-state index contributed by atoms with van der Waals surface area (Å²) in [6, 6.07) is 24.8. The number of nitrogens with zero attached hydrogens (tertiary/aromatic N) is 5. The van der Waals surface area contributed by atoms with Crippen LogP contribution in [0.2, 0.25) is 0 Å². The fraction of sp³-hybridized carbons (Fsp3) is 0. The van der Waals surface area contributed by atoms with Crippen molar-refractivity contribution in [1.82, 2.24) is 25.0 Å². The van der Waals surface area contributed by atoms with E-state index in [0.29, 0.717) is 17.3 Å². The van der Waals surface area contributed by atoms with Gasteiger partial charge in [-0.05, 0) is 48.5 Å². The van der Waals surface area contributed by atoms with Crippen LogP contribution in [0.25, 0.3) is 16.9 Å². The zero-order chi connectivity index (χ0) is 20.3. The highest BCUT2D eigenvalue weighted by Crippen LogP contribution is 2.28. The van der Waals surface area contributed by atoms with Gasteiger partial charge >= 0.3 is 0 Å². The van der Waals surface area contributed by atoms with Gasteiger partial charge in [-0.3, -0.25) is 0 Å². The molecular formula is C22H17N7O. The molecule has 0 atom stereocenters. The monoisotopic (exact) mass is 395 g/mol. The van der Waals surface area contributed by atoms with Crippen LogP contribution in [-0.2, 0) is 0 Å². The van der Waals surface area contributed by atoms with Crippen molar-refractivity contribution in [3.05, 3.63) is 85.2 Å². The number of nitrogen functional groups attached to an aromatic ring is 1. The number of rotatable bonds is 5. The molecular weight excluding hydrogens is 378 g/mol. The van der Waals surface area contributed by atoms with Gasteiger partial charge in [-0.25, -0.2) is 9.97 Å². The van der Waals surface area contributed by atoms with Crippen LogP contribution in [0, 0.1) is 0 Å². The highest BCUT2D eigenvalue weighted by Gasteiger charge is 2.14. The van der Waals surface area contributed by atoms with E-state index in [4.69, 9.17) is 10.5 Å². The van der Waals surface area contributed by atoms with Crippen molar-refractivity contribution in [2.75, 3.05) is 11.1 Å². The Morgan fingerprint density at radius 1 is 0.800 bits per heavy atom. The van der Waals surface area contributed by atoms with E-state index in [1.54, 1.807) is 4.68 Å². The number of nitrogens with two attached hydrogens (primary N) is 1. The number of nitrogens with one attached hydrogen (secondary N) is 1. The Kier molecular flexibility index (Phi) is 4.41. The van der Waals surface area contributed by atoms with E-state index in [1.165, 1.54) is 6.33 Å². The van der Waals surface area contributed by atoms with Gasteiger partial charge in [0.05, 0.1) is 5.52 Å². The Hall–Kier alpha value is -4.46. The van der Waals surface area contributed by atoms with Crippen LogP contribution in [0.1, 0.15) is 0 Å². The van der Waals surface area contributed by atoms with E-state index in [-0.39, 0.29) is 0 Å². The lowest BCUT2D eigenvalue weighted by atomic mass is 10.3. The van der Waals surface area contributed by atoms with E-state index < -0.39 is 0 Å². The standard InChI is InChI=1S/C22H17N7O/c23-20-21(24-14-25-22(20)29-19-9-5-4-8-18(19)27-28-29)26-15-10-12-17(13-11-15)30-16-6-2-1-3-7-16/h1-14H,23H2,(H,24,25,26). The molecule has 8 heteroatoms. The highest BCUT2D eigenvalue weighted by molar-refractivity contribution is 5.80. The van der Waals surface area contributed by atoms with E-state index in [9.17, 15) is 0 Å². The molecule has 0 aliphatic rings. The molecule has 146 valence electrons. The minimum Gasteiger partial charge on any atom is -0.457 e. The van der Waals surface area contributed by atoms with Gasteiger partial charge < -0.3 is 15.8 Å². The molecule has 3 aromatic carbocycles. The molecule has 2 heterocycles. The van der Waals surface area contributed by atoms with Crippen molar-refractivity contribution in [3.8, 4) is 17.3 Å². The second-order valence-corrected chi connectivity index (χ2v) is 6.51. The number of ether oxygens (including phenoxy) is 1. The number of hydrogen-bond acceptors (Lipinski definition) is 7. The Morgan fingerprint density at radius 2 is 1.53 bits per heavy atom. The lowest BCUT2D eigenvalue weighted by molar-refractivity contribution is 0.483. The summed E-state index contributed by atoms with van der Waals surface area (Å²) in [5.74, 6) is 2.46. The van der Waals surface area contributed by atoms with Gasteiger partial charge in [-0.2, -0.15) is 4.68 Å². The average molecular weight is 395 g/mol. The number of aromatic nitrogens is 5. The largest absolute Gasteiger partial charge is 0.457 e. The third-order valence-electron chi connectivity index (χ3n) is 4.51. The molecule has 5 aromatic rings. The molecule has 30 heavy (non-hydrogen) atoms. The maximum Gasteiger partial charge on any atom is 0.184 e. The summed E-state index contributed by atoms with van der Waals surface area (Å²) in [5.41, 5.74) is 9.11. The molecule has 5 rings (SSSR count). The molecule has 0 amide bonds. The topological polar surface area (TPSA) is 104 Å². The SMILES string of the molecule is Nc1c(Nc2ccc(Oc3ccccc3)cc2)ncnc1-n1nnc2ccccc21. The van der Waals surface area contributed by atoms with Gasteiger partial charge in [-0.1, -0.05) is 35.5 Å². The van der Waals surface area contributed by atoms with Crippen molar-refractivity contribution in [2.45, 2.75) is 0 Å². The molecule has 2 aromatic heterocycles. The Morgan fingerprint density at radius 3 is 2.37 bits per heavy atom. The first-order chi connectivity index (χ1) is 14.8. The summed E-state index contributed by atoms with van der Waals surface area (Å²) in [7, 11) is 0. The predicted octanol–water partition coefficient (Wildman–Crippen LogP) is 4.33. The first-order valence-electron chi connectivity index (χ1n) is 9.29. The van der Waals surface area contributed by atoms with Crippen molar-refractivity contribution in [1.29, 1.82) is 0 Å². The molecule has 0 unspecified atom stereocenters. The lowest BCUT2D eigenvalue weighted by Gasteiger charge is -2.12. The van der Waals surface area contributed by atoms with Crippen LogP contribution in [0.3, 0.4) is 0 Å². The van der Waals surface area contributed by atoms with Gasteiger partial charge in [0.1, 0.15) is 29.0 Å². The minimum atomic E-state index is 0.373. The molecule has 0 radical (unpaired) electrons. The van der Waals surface area contributed by atoms with Crippen LogP contribution < -0.4 is 15.8 Å². The first-order valence-corrected chi connectivity index (χ1v) is 9.29. The van der Waals surface area contributed by atoms with E-state index in [1.807, 2.05) is 78.9 Å². The van der Waals surface area contributed by atoms with Crippen LogP contribution >= 0.6 is 0 Å². The molecule has 0 saturated carbocycles. The maximum atomic E-state index is 6.34. The van der Waals surface area contributed by atoms with E-state index >= 15 is 0 Å². The van der Waals surface area contributed by atoms with Crippen molar-refractivity contribution in [3.63, 3.8) is 0 Å². The van der Waals surface area contributed by atoms with Crippen molar-refractivity contribution < 1.29 is 4.74 Å². The lowest BCUT2D eigenvalue weighted by Crippen LogP contribution is -2.08. The maximum absolute atomic E-state index is 6.34. The summed E-state index contributed by atoms with van der Waals surface area (Å²) < 4.78 is 7.43. The second-order valence-electron chi connectivity index (χ2n) is 6.51.